The van der Waals surface area contributed by atoms with Crippen molar-refractivity contribution in [2.75, 3.05) is 13.7 Å². The average Bonchev–Trinajstić information content (AvgIpc) is 2.36. The highest BCUT2D eigenvalue weighted by molar-refractivity contribution is 9.10. The van der Waals surface area contributed by atoms with Crippen LogP contribution in [-0.4, -0.2) is 36.7 Å². The lowest BCUT2D eigenvalue weighted by Gasteiger charge is -2.28. The van der Waals surface area contributed by atoms with Crippen LogP contribution < -0.4 is 10.1 Å². The van der Waals surface area contributed by atoms with Crippen molar-refractivity contribution in [1.29, 1.82) is 0 Å². The first-order valence-electron chi connectivity index (χ1n) is 5.57. The summed E-state index contributed by atoms with van der Waals surface area (Å²) in [6.45, 7) is -0.00353. The van der Waals surface area contributed by atoms with E-state index in [1.165, 1.54) is 4.90 Å². The predicted octanol–water partition coefficient (Wildman–Crippen LogP) is 1.85. The van der Waals surface area contributed by atoms with Gasteiger partial charge in [0.15, 0.2) is 6.17 Å². The van der Waals surface area contributed by atoms with Gasteiger partial charge in [0.1, 0.15) is 5.75 Å². The normalized spacial score (nSPS) is 19.3. The molecule has 2 rings (SSSR count). The summed E-state index contributed by atoms with van der Waals surface area (Å²) < 4.78 is 19.1. The summed E-state index contributed by atoms with van der Waals surface area (Å²) >= 11 is 3.34. The third kappa shape index (κ3) is 3.04. The third-order valence-corrected chi connectivity index (χ3v) is 3.39. The number of halogens is 2. The largest absolute Gasteiger partial charge is 0.496 e. The molecule has 1 heterocycles. The minimum absolute atomic E-state index is 0.224. The minimum atomic E-state index is -1.68. The van der Waals surface area contributed by atoms with Crippen LogP contribution in [0.1, 0.15) is 5.56 Å². The van der Waals surface area contributed by atoms with Crippen LogP contribution in [0.3, 0.4) is 0 Å². The number of nitrogens with one attached hydrogen (secondary N) is 1. The number of urea groups is 1. The van der Waals surface area contributed by atoms with Gasteiger partial charge in [-0.15, -0.1) is 0 Å². The number of hydrogen-bond acceptors (Lipinski definition) is 3. The molecule has 19 heavy (non-hydrogen) atoms. The molecule has 5 nitrogen and oxygen atoms in total. The van der Waals surface area contributed by atoms with E-state index in [1.54, 1.807) is 25.3 Å². The van der Waals surface area contributed by atoms with Gasteiger partial charge in [0, 0.05) is 6.54 Å². The van der Waals surface area contributed by atoms with E-state index in [9.17, 15) is 14.0 Å². The number of carbonyl (C=O) groups excluding carboxylic acids is 2. The fraction of sp³-hybridized carbons (Fsp3) is 0.333. The Morgan fingerprint density at radius 2 is 2.26 bits per heavy atom. The molecule has 1 atom stereocenters. The highest BCUT2D eigenvalue weighted by Crippen LogP contribution is 2.26. The Bertz CT molecular complexity index is 524. The second-order valence-electron chi connectivity index (χ2n) is 4.11. The lowest BCUT2D eigenvalue weighted by Crippen LogP contribution is -2.55. The van der Waals surface area contributed by atoms with E-state index in [1.807, 2.05) is 5.32 Å². The van der Waals surface area contributed by atoms with Crippen molar-refractivity contribution < 1.29 is 18.7 Å². The monoisotopic (exact) mass is 330 g/mol. The summed E-state index contributed by atoms with van der Waals surface area (Å²) in [5, 5.41) is 1.97. The van der Waals surface area contributed by atoms with Crippen LogP contribution in [0.4, 0.5) is 9.18 Å². The molecule has 1 aromatic carbocycles. The number of hydrogen-bond donors (Lipinski definition) is 1. The zero-order valence-corrected chi connectivity index (χ0v) is 11.7. The van der Waals surface area contributed by atoms with Gasteiger partial charge in [-0.05, 0) is 33.6 Å². The van der Waals surface area contributed by atoms with E-state index in [0.29, 0.717) is 5.75 Å². The average molecular weight is 331 g/mol. The summed E-state index contributed by atoms with van der Waals surface area (Å²) in [6, 6.07) is 4.74. The van der Waals surface area contributed by atoms with E-state index in [2.05, 4.69) is 15.9 Å². The second kappa shape index (κ2) is 5.56. The quantitative estimate of drug-likeness (QED) is 0.920. The lowest BCUT2D eigenvalue weighted by molar-refractivity contribution is -0.127. The smallest absolute Gasteiger partial charge is 0.324 e. The molecule has 0 spiro atoms. The molecule has 1 aliphatic heterocycles. The second-order valence-corrected chi connectivity index (χ2v) is 4.97. The maximum atomic E-state index is 13.3. The standard InChI is InChI=1S/C12H12BrFN2O3/c1-19-10-3-2-7(4-8(10)13)5-16-6-9(14)11(17)15-12(16)18/h2-4,9H,5-6H2,1H3,(H,15,17,18). The number of carbonyl (C=O) groups is 2. The van der Waals surface area contributed by atoms with Gasteiger partial charge in [0.25, 0.3) is 5.91 Å². The van der Waals surface area contributed by atoms with Crippen molar-refractivity contribution in [2.45, 2.75) is 12.7 Å². The number of methoxy groups -OCH3 is 1. The molecule has 0 aliphatic carbocycles. The van der Waals surface area contributed by atoms with Gasteiger partial charge >= 0.3 is 6.03 Å². The van der Waals surface area contributed by atoms with Gasteiger partial charge in [-0.2, -0.15) is 0 Å². The SMILES string of the molecule is COc1ccc(CN2CC(F)C(=O)NC2=O)cc1Br. The molecule has 1 aromatic rings. The molecule has 1 aliphatic rings. The predicted molar refractivity (Wildman–Crippen MR) is 69.5 cm³/mol. The molecule has 3 amide bonds. The molecule has 7 heteroatoms. The molecule has 0 radical (unpaired) electrons. The van der Waals surface area contributed by atoms with Gasteiger partial charge in [-0.3, -0.25) is 10.1 Å². The highest BCUT2D eigenvalue weighted by atomic mass is 79.9. The third-order valence-electron chi connectivity index (χ3n) is 2.77. The lowest BCUT2D eigenvalue weighted by atomic mass is 10.2. The first-order chi connectivity index (χ1) is 9.01. The van der Waals surface area contributed by atoms with Crippen LogP contribution >= 0.6 is 15.9 Å². The van der Waals surface area contributed by atoms with Crippen molar-refractivity contribution in [3.05, 3.63) is 28.2 Å². The zero-order chi connectivity index (χ0) is 14.0. The van der Waals surface area contributed by atoms with Gasteiger partial charge in [-0.1, -0.05) is 6.07 Å². The van der Waals surface area contributed by atoms with Crippen LogP contribution in [0.25, 0.3) is 0 Å². The van der Waals surface area contributed by atoms with Gasteiger partial charge < -0.3 is 9.64 Å². The van der Waals surface area contributed by atoms with Crippen molar-refractivity contribution in [3.63, 3.8) is 0 Å². The van der Waals surface area contributed by atoms with Crippen molar-refractivity contribution in [1.82, 2.24) is 10.2 Å². The van der Waals surface area contributed by atoms with Crippen LogP contribution in [0.2, 0.25) is 0 Å². The number of benzene rings is 1. The first kappa shape index (κ1) is 13.8. The Kier molecular flexibility index (Phi) is 4.04. The molecule has 1 saturated heterocycles. The Balaban J connectivity index is 2.10. The molecule has 1 unspecified atom stereocenters. The number of ether oxygens (including phenoxy) is 1. The van der Waals surface area contributed by atoms with Crippen LogP contribution in [0, 0.1) is 0 Å². The van der Waals surface area contributed by atoms with Crippen molar-refractivity contribution >= 4 is 27.9 Å². The summed E-state index contributed by atoms with van der Waals surface area (Å²) in [5.41, 5.74) is 0.810. The van der Waals surface area contributed by atoms with Gasteiger partial charge in [-0.25, -0.2) is 9.18 Å². The van der Waals surface area contributed by atoms with E-state index in [0.717, 1.165) is 10.0 Å². The van der Waals surface area contributed by atoms with Crippen LogP contribution in [0.15, 0.2) is 22.7 Å². The topological polar surface area (TPSA) is 58.6 Å². The maximum absolute atomic E-state index is 13.3. The van der Waals surface area contributed by atoms with Gasteiger partial charge in [0.2, 0.25) is 0 Å². The number of imide groups is 1. The molecule has 0 saturated carbocycles. The first-order valence-corrected chi connectivity index (χ1v) is 6.37. The van der Waals surface area contributed by atoms with Crippen molar-refractivity contribution in [2.24, 2.45) is 0 Å². The Hall–Kier alpha value is -1.63. The molecule has 0 aromatic heterocycles. The molecular weight excluding hydrogens is 319 g/mol. The van der Waals surface area contributed by atoms with E-state index >= 15 is 0 Å². The van der Waals surface area contributed by atoms with E-state index < -0.39 is 18.1 Å². The molecule has 1 fully saturated rings. The number of alkyl halides is 1. The summed E-state index contributed by atoms with van der Waals surface area (Å²) in [5.74, 6) is -0.206. The van der Waals surface area contributed by atoms with Crippen LogP contribution in [0.5, 0.6) is 5.75 Å². The minimum Gasteiger partial charge on any atom is -0.496 e. The summed E-state index contributed by atoms with van der Waals surface area (Å²) in [7, 11) is 1.55. The van der Waals surface area contributed by atoms with E-state index in [-0.39, 0.29) is 13.1 Å². The molecule has 0 bridgehead atoms. The Morgan fingerprint density at radius 1 is 1.53 bits per heavy atom. The summed E-state index contributed by atoms with van der Waals surface area (Å²) in [6.07, 6.45) is -1.68. The zero-order valence-electron chi connectivity index (χ0n) is 10.2. The fourth-order valence-corrected chi connectivity index (χ4v) is 2.38. The number of rotatable bonds is 3. The Labute approximate surface area is 117 Å². The Morgan fingerprint density at radius 3 is 2.89 bits per heavy atom. The molecule has 102 valence electrons. The van der Waals surface area contributed by atoms with Crippen LogP contribution in [-0.2, 0) is 11.3 Å². The number of amides is 3. The fourth-order valence-electron chi connectivity index (χ4n) is 1.79. The number of nitrogens with zero attached hydrogens (tertiary/aromatic N) is 1. The maximum Gasteiger partial charge on any atom is 0.324 e. The summed E-state index contributed by atoms with van der Waals surface area (Å²) in [4.78, 5) is 23.8. The molecule has 1 N–H and O–H groups in total. The highest BCUT2D eigenvalue weighted by Gasteiger charge is 2.31. The van der Waals surface area contributed by atoms with E-state index in [4.69, 9.17) is 4.74 Å². The molecular formula is C12H12BrFN2O3. The van der Waals surface area contributed by atoms with Gasteiger partial charge in [0.05, 0.1) is 18.1 Å². The van der Waals surface area contributed by atoms with Crippen molar-refractivity contribution in [3.8, 4) is 5.75 Å².